The summed E-state index contributed by atoms with van der Waals surface area (Å²) in [6, 6.07) is 2.49. The number of hydrogen-bond donors (Lipinski definition) is 1. The van der Waals surface area contributed by atoms with Gasteiger partial charge in [-0.2, -0.15) is 0 Å². The molecule has 0 amide bonds. The highest BCUT2D eigenvalue weighted by Crippen LogP contribution is 2.49. The maximum absolute atomic E-state index is 10.1. The van der Waals surface area contributed by atoms with Crippen molar-refractivity contribution in [1.29, 1.82) is 0 Å². The van der Waals surface area contributed by atoms with Crippen molar-refractivity contribution in [1.82, 2.24) is 9.55 Å². The lowest BCUT2D eigenvalue weighted by atomic mass is 9.95. The predicted molar refractivity (Wildman–Crippen MR) is 67.0 cm³/mol. The second-order valence-electron chi connectivity index (χ2n) is 4.99. The van der Waals surface area contributed by atoms with Gasteiger partial charge in [-0.3, -0.25) is 0 Å². The second-order valence-corrected chi connectivity index (χ2v) is 5.94. The SMILES string of the molecule is OC1CCCC1C1c2sccc2-c2cncn21. The molecular formula is C13H14N2OS. The number of aliphatic hydroxyl groups excluding tert-OH is 1. The molecule has 3 nitrogen and oxygen atoms in total. The zero-order valence-corrected chi connectivity index (χ0v) is 10.2. The van der Waals surface area contributed by atoms with Gasteiger partial charge in [0.25, 0.3) is 0 Å². The van der Waals surface area contributed by atoms with Gasteiger partial charge in [-0.05, 0) is 24.3 Å². The minimum absolute atomic E-state index is 0.150. The van der Waals surface area contributed by atoms with E-state index in [1.165, 1.54) is 16.1 Å². The molecule has 2 aromatic rings. The first kappa shape index (κ1) is 9.85. The lowest BCUT2D eigenvalue weighted by Crippen LogP contribution is -2.23. The van der Waals surface area contributed by atoms with Crippen molar-refractivity contribution in [2.45, 2.75) is 31.4 Å². The number of thiophene rings is 1. The average Bonchev–Trinajstić information content (AvgIpc) is 3.00. The van der Waals surface area contributed by atoms with Crippen molar-refractivity contribution in [2.24, 2.45) is 5.92 Å². The molecule has 17 heavy (non-hydrogen) atoms. The lowest BCUT2D eigenvalue weighted by molar-refractivity contribution is 0.113. The van der Waals surface area contributed by atoms with Gasteiger partial charge in [-0.1, -0.05) is 6.42 Å². The summed E-state index contributed by atoms with van der Waals surface area (Å²) in [6.07, 6.45) is 6.92. The van der Waals surface area contributed by atoms with E-state index in [-0.39, 0.29) is 6.10 Å². The monoisotopic (exact) mass is 246 g/mol. The standard InChI is InChI=1S/C13H14N2OS/c16-11-3-1-2-9(11)12-13-8(4-5-17-13)10-6-14-7-15(10)12/h4-7,9,11-12,16H,1-3H2. The van der Waals surface area contributed by atoms with Crippen molar-refractivity contribution in [2.75, 3.05) is 0 Å². The molecule has 0 aromatic carbocycles. The van der Waals surface area contributed by atoms with E-state index < -0.39 is 0 Å². The van der Waals surface area contributed by atoms with Crippen LogP contribution >= 0.6 is 11.3 Å². The van der Waals surface area contributed by atoms with Gasteiger partial charge in [0.15, 0.2) is 0 Å². The van der Waals surface area contributed by atoms with Gasteiger partial charge in [0.2, 0.25) is 0 Å². The van der Waals surface area contributed by atoms with E-state index >= 15 is 0 Å². The number of imidazole rings is 1. The molecule has 0 spiro atoms. The van der Waals surface area contributed by atoms with Crippen LogP contribution in [-0.4, -0.2) is 20.8 Å². The van der Waals surface area contributed by atoms with Crippen molar-refractivity contribution >= 4 is 11.3 Å². The molecule has 0 radical (unpaired) electrons. The Kier molecular flexibility index (Phi) is 1.99. The summed E-state index contributed by atoms with van der Waals surface area (Å²) in [6.45, 7) is 0. The third-order valence-electron chi connectivity index (χ3n) is 4.14. The van der Waals surface area contributed by atoms with Crippen LogP contribution in [0.25, 0.3) is 11.3 Å². The molecule has 0 bridgehead atoms. The molecule has 0 saturated heterocycles. The van der Waals surface area contributed by atoms with E-state index in [1.807, 2.05) is 23.9 Å². The molecule has 3 heterocycles. The van der Waals surface area contributed by atoms with E-state index in [0.29, 0.717) is 12.0 Å². The van der Waals surface area contributed by atoms with Crippen LogP contribution < -0.4 is 0 Å². The van der Waals surface area contributed by atoms with Gasteiger partial charge in [0.05, 0.1) is 30.4 Å². The summed E-state index contributed by atoms with van der Waals surface area (Å²) in [5, 5.41) is 12.3. The van der Waals surface area contributed by atoms with Gasteiger partial charge in [-0.15, -0.1) is 11.3 Å². The van der Waals surface area contributed by atoms with E-state index in [0.717, 1.165) is 19.3 Å². The number of fused-ring (bicyclic) bond motifs is 3. The maximum atomic E-state index is 10.1. The molecular weight excluding hydrogens is 232 g/mol. The van der Waals surface area contributed by atoms with E-state index in [9.17, 15) is 5.11 Å². The highest BCUT2D eigenvalue weighted by molar-refractivity contribution is 7.10. The van der Waals surface area contributed by atoms with Gasteiger partial charge in [0.1, 0.15) is 0 Å². The third kappa shape index (κ3) is 1.22. The molecule has 3 atom stereocenters. The Bertz CT molecular complexity index is 519. The van der Waals surface area contributed by atoms with Gasteiger partial charge < -0.3 is 9.67 Å². The third-order valence-corrected chi connectivity index (χ3v) is 5.13. The Morgan fingerprint density at radius 1 is 1.41 bits per heavy atom. The van der Waals surface area contributed by atoms with E-state index in [4.69, 9.17) is 0 Å². The predicted octanol–water partition coefficient (Wildman–Crippen LogP) is 2.68. The fraction of sp³-hybridized carbons (Fsp3) is 0.462. The first-order valence-electron chi connectivity index (χ1n) is 6.14. The molecule has 1 fully saturated rings. The topological polar surface area (TPSA) is 38.1 Å². The number of hydrogen-bond acceptors (Lipinski definition) is 3. The zero-order chi connectivity index (χ0) is 11.4. The first-order chi connectivity index (χ1) is 8.36. The van der Waals surface area contributed by atoms with Gasteiger partial charge >= 0.3 is 0 Å². The highest BCUT2D eigenvalue weighted by Gasteiger charge is 2.40. The molecule has 1 aliphatic heterocycles. The zero-order valence-electron chi connectivity index (χ0n) is 9.41. The molecule has 4 rings (SSSR count). The normalized spacial score (nSPS) is 30.5. The number of nitrogens with zero attached hydrogens (tertiary/aromatic N) is 2. The first-order valence-corrected chi connectivity index (χ1v) is 7.02. The van der Waals surface area contributed by atoms with Crippen LogP contribution in [0.1, 0.15) is 30.2 Å². The summed E-state index contributed by atoms with van der Waals surface area (Å²) in [5.74, 6) is 0.364. The molecule has 4 heteroatoms. The van der Waals surface area contributed by atoms with Crippen LogP contribution in [0.15, 0.2) is 24.0 Å². The van der Waals surface area contributed by atoms with Crippen LogP contribution in [0.2, 0.25) is 0 Å². The Morgan fingerprint density at radius 3 is 3.18 bits per heavy atom. The molecule has 2 aromatic heterocycles. The smallest absolute Gasteiger partial charge is 0.0957 e. The van der Waals surface area contributed by atoms with Crippen LogP contribution in [-0.2, 0) is 0 Å². The maximum Gasteiger partial charge on any atom is 0.0957 e. The summed E-state index contributed by atoms with van der Waals surface area (Å²) in [4.78, 5) is 5.67. The molecule has 1 saturated carbocycles. The molecule has 3 unspecified atom stereocenters. The fourth-order valence-corrected chi connectivity index (χ4v) is 4.44. The quantitative estimate of drug-likeness (QED) is 0.840. The Labute approximate surface area is 104 Å². The van der Waals surface area contributed by atoms with Crippen molar-refractivity contribution in [3.63, 3.8) is 0 Å². The largest absolute Gasteiger partial charge is 0.393 e. The summed E-state index contributed by atoms with van der Waals surface area (Å²) >= 11 is 1.81. The summed E-state index contributed by atoms with van der Waals surface area (Å²) in [7, 11) is 0. The van der Waals surface area contributed by atoms with Crippen LogP contribution in [0.3, 0.4) is 0 Å². The Balaban J connectivity index is 1.87. The van der Waals surface area contributed by atoms with Crippen LogP contribution in [0, 0.1) is 5.92 Å². The highest BCUT2D eigenvalue weighted by atomic mass is 32.1. The van der Waals surface area contributed by atoms with E-state index in [2.05, 4.69) is 21.0 Å². The molecule has 1 N–H and O–H groups in total. The second kappa shape index (κ2) is 3.43. The molecule has 88 valence electrons. The van der Waals surface area contributed by atoms with Crippen LogP contribution in [0.4, 0.5) is 0 Å². The Morgan fingerprint density at radius 2 is 2.35 bits per heavy atom. The van der Waals surface area contributed by atoms with Crippen molar-refractivity contribution in [3.8, 4) is 11.3 Å². The van der Waals surface area contributed by atoms with Crippen molar-refractivity contribution in [3.05, 3.63) is 28.8 Å². The van der Waals surface area contributed by atoms with Crippen LogP contribution in [0.5, 0.6) is 0 Å². The summed E-state index contributed by atoms with van der Waals surface area (Å²) < 4.78 is 2.25. The number of rotatable bonds is 1. The average molecular weight is 246 g/mol. The van der Waals surface area contributed by atoms with Gasteiger partial charge in [0, 0.05) is 16.4 Å². The Hall–Kier alpha value is -1.13. The minimum atomic E-state index is -0.150. The summed E-state index contributed by atoms with van der Waals surface area (Å²) in [5.41, 5.74) is 2.53. The fourth-order valence-electron chi connectivity index (χ4n) is 3.36. The molecule has 1 aliphatic carbocycles. The number of aliphatic hydroxyl groups is 1. The van der Waals surface area contributed by atoms with E-state index in [1.54, 1.807) is 0 Å². The van der Waals surface area contributed by atoms with Gasteiger partial charge in [-0.25, -0.2) is 4.98 Å². The molecule has 2 aliphatic rings. The minimum Gasteiger partial charge on any atom is -0.393 e. The van der Waals surface area contributed by atoms with Crippen molar-refractivity contribution < 1.29 is 5.11 Å². The lowest BCUT2D eigenvalue weighted by Gasteiger charge is -2.23. The number of aromatic nitrogens is 2.